The number of benzene rings is 1. The number of methoxy groups -OCH3 is 1. The number of nitrogens with one attached hydrogen (secondary N) is 2. The summed E-state index contributed by atoms with van der Waals surface area (Å²) < 4.78 is 42.5. The Labute approximate surface area is 145 Å². The van der Waals surface area contributed by atoms with Gasteiger partial charge in [0, 0.05) is 34.3 Å². The minimum absolute atomic E-state index is 0.0355. The number of nitrogens with zero attached hydrogens (tertiary/aromatic N) is 2. The van der Waals surface area contributed by atoms with Gasteiger partial charge in [-0.2, -0.15) is 13.2 Å². The molecule has 1 aromatic carbocycles. The van der Waals surface area contributed by atoms with Crippen LogP contribution in [0.25, 0.3) is 0 Å². The van der Waals surface area contributed by atoms with E-state index in [9.17, 15) is 18.0 Å². The van der Waals surface area contributed by atoms with E-state index in [1.165, 1.54) is 12.1 Å². The molecular formula is C16H23F3N4O2. The van der Waals surface area contributed by atoms with E-state index >= 15 is 0 Å². The third-order valence-corrected chi connectivity index (χ3v) is 3.31. The van der Waals surface area contributed by atoms with Gasteiger partial charge in [-0.05, 0) is 17.7 Å². The van der Waals surface area contributed by atoms with Gasteiger partial charge in [0.25, 0.3) is 0 Å². The number of carbonyl (C=O) groups excluding carboxylic acids is 1. The minimum Gasteiger partial charge on any atom is -0.383 e. The van der Waals surface area contributed by atoms with E-state index in [-0.39, 0.29) is 12.5 Å². The molecule has 2 N–H and O–H groups in total. The van der Waals surface area contributed by atoms with E-state index in [1.807, 2.05) is 0 Å². The molecule has 0 spiro atoms. The summed E-state index contributed by atoms with van der Waals surface area (Å²) in [6.07, 6.45) is -4.35. The molecule has 0 unspecified atom stereocenters. The van der Waals surface area contributed by atoms with Crippen molar-refractivity contribution in [2.45, 2.75) is 12.7 Å². The largest absolute Gasteiger partial charge is 0.416 e. The highest BCUT2D eigenvalue weighted by Crippen LogP contribution is 2.29. The number of amides is 1. The molecule has 1 amide bonds. The lowest BCUT2D eigenvalue weighted by Gasteiger charge is -2.22. The normalized spacial score (nSPS) is 12.0. The molecule has 0 fully saturated rings. The molecule has 0 aliphatic heterocycles. The zero-order valence-corrected chi connectivity index (χ0v) is 14.5. The quantitative estimate of drug-likeness (QED) is 0.439. The number of guanidine groups is 1. The zero-order chi connectivity index (χ0) is 18.9. The molecule has 0 radical (unpaired) electrons. The first-order valence-electron chi connectivity index (χ1n) is 7.61. The SMILES string of the molecule is CN=C(NCC(=O)NCCOC)N(C)Cc1ccc(C(F)(F)F)cc1. The lowest BCUT2D eigenvalue weighted by molar-refractivity contribution is -0.137. The Morgan fingerprint density at radius 1 is 1.24 bits per heavy atom. The highest BCUT2D eigenvalue weighted by atomic mass is 19.4. The maximum Gasteiger partial charge on any atom is 0.416 e. The van der Waals surface area contributed by atoms with E-state index in [1.54, 1.807) is 26.1 Å². The second kappa shape index (κ2) is 9.87. The van der Waals surface area contributed by atoms with Crippen molar-refractivity contribution in [1.82, 2.24) is 15.5 Å². The summed E-state index contributed by atoms with van der Waals surface area (Å²) in [6.45, 7) is 1.22. The highest BCUT2D eigenvalue weighted by molar-refractivity contribution is 5.86. The van der Waals surface area contributed by atoms with Crippen LogP contribution in [0, 0.1) is 0 Å². The van der Waals surface area contributed by atoms with Crippen LogP contribution in [0.4, 0.5) is 13.2 Å². The molecule has 0 saturated heterocycles. The van der Waals surface area contributed by atoms with Gasteiger partial charge in [0.05, 0.1) is 18.7 Å². The molecule has 9 heteroatoms. The molecule has 0 heterocycles. The van der Waals surface area contributed by atoms with Crippen LogP contribution >= 0.6 is 0 Å². The summed E-state index contributed by atoms with van der Waals surface area (Å²) in [5.74, 6) is 0.253. The Morgan fingerprint density at radius 3 is 2.40 bits per heavy atom. The molecule has 25 heavy (non-hydrogen) atoms. The number of hydrogen-bond acceptors (Lipinski definition) is 3. The van der Waals surface area contributed by atoms with Crippen LogP contribution in [0.2, 0.25) is 0 Å². The van der Waals surface area contributed by atoms with Gasteiger partial charge in [0.1, 0.15) is 0 Å². The van der Waals surface area contributed by atoms with Crippen molar-refractivity contribution in [2.75, 3.05) is 40.9 Å². The number of alkyl halides is 3. The molecule has 0 aliphatic rings. The van der Waals surface area contributed by atoms with Crippen LogP contribution in [0.1, 0.15) is 11.1 Å². The molecule has 0 saturated carbocycles. The monoisotopic (exact) mass is 360 g/mol. The summed E-state index contributed by atoms with van der Waals surface area (Å²) in [4.78, 5) is 17.4. The van der Waals surface area contributed by atoms with Gasteiger partial charge in [-0.1, -0.05) is 12.1 Å². The molecule has 6 nitrogen and oxygen atoms in total. The zero-order valence-electron chi connectivity index (χ0n) is 14.5. The maximum atomic E-state index is 12.6. The Balaban J connectivity index is 2.53. The van der Waals surface area contributed by atoms with Crippen LogP contribution in [0.5, 0.6) is 0 Å². The number of carbonyl (C=O) groups is 1. The predicted molar refractivity (Wildman–Crippen MR) is 89.2 cm³/mol. The fourth-order valence-corrected chi connectivity index (χ4v) is 2.05. The third-order valence-electron chi connectivity index (χ3n) is 3.31. The number of aliphatic imine (C=N–C) groups is 1. The molecule has 1 aromatic rings. The number of halogens is 3. The van der Waals surface area contributed by atoms with Crippen molar-refractivity contribution in [3.05, 3.63) is 35.4 Å². The van der Waals surface area contributed by atoms with Crippen LogP contribution in [-0.4, -0.2) is 57.7 Å². The van der Waals surface area contributed by atoms with Crippen molar-refractivity contribution in [3.63, 3.8) is 0 Å². The van der Waals surface area contributed by atoms with Crippen molar-refractivity contribution >= 4 is 11.9 Å². The topological polar surface area (TPSA) is 66.0 Å². The second-order valence-electron chi connectivity index (χ2n) is 5.29. The Kier molecular flexibility index (Phi) is 8.20. The van der Waals surface area contributed by atoms with E-state index in [4.69, 9.17) is 4.74 Å². The van der Waals surface area contributed by atoms with Crippen molar-refractivity contribution < 1.29 is 22.7 Å². The van der Waals surface area contributed by atoms with Crippen LogP contribution in [0.3, 0.4) is 0 Å². The number of rotatable bonds is 7. The molecule has 1 rings (SSSR count). The second-order valence-corrected chi connectivity index (χ2v) is 5.29. The van der Waals surface area contributed by atoms with Gasteiger partial charge in [0.15, 0.2) is 5.96 Å². The summed E-state index contributed by atoms with van der Waals surface area (Å²) in [6, 6.07) is 4.93. The van der Waals surface area contributed by atoms with Gasteiger partial charge in [-0.3, -0.25) is 9.79 Å². The first-order valence-corrected chi connectivity index (χ1v) is 7.61. The van der Waals surface area contributed by atoms with E-state index in [0.717, 1.165) is 12.1 Å². The smallest absolute Gasteiger partial charge is 0.383 e. The predicted octanol–water partition coefficient (Wildman–Crippen LogP) is 1.48. The summed E-state index contributed by atoms with van der Waals surface area (Å²) >= 11 is 0. The van der Waals surface area contributed by atoms with Crippen molar-refractivity contribution in [3.8, 4) is 0 Å². The minimum atomic E-state index is -4.35. The highest BCUT2D eigenvalue weighted by Gasteiger charge is 2.29. The molecule has 0 aromatic heterocycles. The fraction of sp³-hybridized carbons (Fsp3) is 0.500. The van der Waals surface area contributed by atoms with Crippen LogP contribution in [-0.2, 0) is 22.3 Å². The third kappa shape index (κ3) is 7.42. The van der Waals surface area contributed by atoms with Gasteiger partial charge in [-0.25, -0.2) is 0 Å². The van der Waals surface area contributed by atoms with Crippen molar-refractivity contribution in [1.29, 1.82) is 0 Å². The molecule has 140 valence electrons. The molecule has 0 aliphatic carbocycles. The van der Waals surface area contributed by atoms with Crippen LogP contribution in [0.15, 0.2) is 29.3 Å². The maximum absolute atomic E-state index is 12.6. The molecule has 0 atom stereocenters. The standard InChI is InChI=1S/C16H23F3N4O2/c1-20-15(22-10-14(24)21-8-9-25-3)23(2)11-12-4-6-13(7-5-12)16(17,18)19/h4-7H,8-11H2,1-3H3,(H,20,22)(H,21,24). The summed E-state index contributed by atoms with van der Waals surface area (Å²) in [5, 5.41) is 5.56. The average molecular weight is 360 g/mol. The summed E-state index contributed by atoms with van der Waals surface area (Å²) in [5.41, 5.74) is 0.0112. The number of ether oxygens (including phenoxy) is 1. The van der Waals surface area contributed by atoms with E-state index < -0.39 is 11.7 Å². The Bertz CT molecular complexity index is 574. The number of hydrogen-bond donors (Lipinski definition) is 2. The van der Waals surface area contributed by atoms with Gasteiger partial charge in [0.2, 0.25) is 5.91 Å². The lowest BCUT2D eigenvalue weighted by atomic mass is 10.1. The molecular weight excluding hydrogens is 337 g/mol. The average Bonchev–Trinajstić information content (AvgIpc) is 2.55. The van der Waals surface area contributed by atoms with Gasteiger partial charge in [-0.15, -0.1) is 0 Å². The summed E-state index contributed by atoms with van der Waals surface area (Å²) in [7, 11) is 4.84. The van der Waals surface area contributed by atoms with Gasteiger partial charge < -0.3 is 20.3 Å². The van der Waals surface area contributed by atoms with E-state index in [2.05, 4.69) is 15.6 Å². The lowest BCUT2D eigenvalue weighted by Crippen LogP contribution is -2.44. The molecule has 0 bridgehead atoms. The van der Waals surface area contributed by atoms with Gasteiger partial charge >= 0.3 is 6.18 Å². The first kappa shape index (κ1) is 20.8. The Morgan fingerprint density at radius 2 is 1.88 bits per heavy atom. The Hall–Kier alpha value is -2.29. The van der Waals surface area contributed by atoms with Crippen molar-refractivity contribution in [2.24, 2.45) is 4.99 Å². The van der Waals surface area contributed by atoms with E-state index in [0.29, 0.717) is 31.2 Å². The van der Waals surface area contributed by atoms with Crippen LogP contribution < -0.4 is 10.6 Å². The fourth-order valence-electron chi connectivity index (χ4n) is 2.05. The first-order chi connectivity index (χ1) is 11.8.